The van der Waals surface area contributed by atoms with E-state index in [2.05, 4.69) is 22.2 Å². The summed E-state index contributed by atoms with van der Waals surface area (Å²) < 4.78 is 0. The van der Waals surface area contributed by atoms with E-state index in [1.165, 1.54) is 19.3 Å². The maximum Gasteiger partial charge on any atom is 0.222 e. The molecule has 1 aliphatic carbocycles. The minimum absolute atomic E-state index is 0.346. The molecule has 15 heavy (non-hydrogen) atoms. The highest BCUT2D eigenvalue weighted by Gasteiger charge is 2.40. The van der Waals surface area contributed by atoms with Crippen LogP contribution < -0.4 is 11.1 Å². The number of hydrogen-bond acceptors (Lipinski definition) is 4. The summed E-state index contributed by atoms with van der Waals surface area (Å²) in [6, 6.07) is 1.93. The van der Waals surface area contributed by atoms with Crippen molar-refractivity contribution in [2.45, 2.75) is 33.1 Å². The van der Waals surface area contributed by atoms with Crippen LogP contribution in [-0.2, 0) is 0 Å². The van der Waals surface area contributed by atoms with Gasteiger partial charge in [0.1, 0.15) is 5.82 Å². The lowest BCUT2D eigenvalue weighted by molar-refractivity contribution is 0.520. The standard InChI is InChI=1S/C11H18N4/c1-3-11(4-5-11)7-13-9-6-8(2)14-10(12)15-9/h6H,3-5,7H2,1-2H3,(H3,12,13,14,15). The molecule has 1 aliphatic rings. The Bertz CT molecular complexity index is 337. The van der Waals surface area contributed by atoms with Crippen molar-refractivity contribution in [3.05, 3.63) is 11.8 Å². The Morgan fingerprint density at radius 2 is 2.20 bits per heavy atom. The molecule has 0 amide bonds. The number of nitrogen functional groups attached to an aromatic ring is 1. The van der Waals surface area contributed by atoms with E-state index in [1.807, 2.05) is 13.0 Å². The van der Waals surface area contributed by atoms with Crippen LogP contribution in [0.2, 0.25) is 0 Å². The third kappa shape index (κ3) is 2.37. The van der Waals surface area contributed by atoms with Crippen molar-refractivity contribution in [3.63, 3.8) is 0 Å². The molecular weight excluding hydrogens is 188 g/mol. The van der Waals surface area contributed by atoms with Crippen LogP contribution in [0.3, 0.4) is 0 Å². The molecule has 1 fully saturated rings. The molecule has 0 aromatic carbocycles. The molecule has 0 aliphatic heterocycles. The molecule has 0 spiro atoms. The molecule has 0 unspecified atom stereocenters. The predicted molar refractivity (Wildman–Crippen MR) is 61.6 cm³/mol. The lowest BCUT2D eigenvalue weighted by atomic mass is 10.0. The Morgan fingerprint density at radius 1 is 1.47 bits per heavy atom. The van der Waals surface area contributed by atoms with Crippen molar-refractivity contribution >= 4 is 11.8 Å². The Kier molecular flexibility index (Phi) is 2.50. The van der Waals surface area contributed by atoms with Gasteiger partial charge < -0.3 is 11.1 Å². The molecule has 1 aromatic rings. The van der Waals surface area contributed by atoms with E-state index in [0.717, 1.165) is 18.1 Å². The molecule has 82 valence electrons. The van der Waals surface area contributed by atoms with E-state index in [0.29, 0.717) is 11.4 Å². The van der Waals surface area contributed by atoms with Gasteiger partial charge in [-0.1, -0.05) is 6.92 Å². The van der Waals surface area contributed by atoms with E-state index in [9.17, 15) is 0 Å². The van der Waals surface area contributed by atoms with Gasteiger partial charge in [0, 0.05) is 18.3 Å². The summed E-state index contributed by atoms with van der Waals surface area (Å²) in [5.74, 6) is 1.19. The van der Waals surface area contributed by atoms with Gasteiger partial charge in [0.2, 0.25) is 5.95 Å². The highest BCUT2D eigenvalue weighted by Crippen LogP contribution is 2.48. The quantitative estimate of drug-likeness (QED) is 0.790. The van der Waals surface area contributed by atoms with E-state index < -0.39 is 0 Å². The van der Waals surface area contributed by atoms with Crippen molar-refractivity contribution in [2.24, 2.45) is 5.41 Å². The second-order valence-electron chi connectivity index (χ2n) is 4.46. The topological polar surface area (TPSA) is 63.8 Å². The fourth-order valence-electron chi connectivity index (χ4n) is 1.79. The zero-order valence-corrected chi connectivity index (χ0v) is 9.38. The van der Waals surface area contributed by atoms with Crippen molar-refractivity contribution in [2.75, 3.05) is 17.6 Å². The smallest absolute Gasteiger partial charge is 0.222 e. The Hall–Kier alpha value is -1.32. The molecule has 0 saturated heterocycles. The van der Waals surface area contributed by atoms with E-state index >= 15 is 0 Å². The van der Waals surface area contributed by atoms with Crippen molar-refractivity contribution in [1.82, 2.24) is 9.97 Å². The van der Waals surface area contributed by atoms with Crippen molar-refractivity contribution in [1.29, 1.82) is 0 Å². The summed E-state index contributed by atoms with van der Waals surface area (Å²) in [4.78, 5) is 8.20. The van der Waals surface area contributed by atoms with Gasteiger partial charge in [-0.15, -0.1) is 0 Å². The number of hydrogen-bond donors (Lipinski definition) is 2. The predicted octanol–water partition coefficient (Wildman–Crippen LogP) is 1.97. The third-order valence-corrected chi connectivity index (χ3v) is 3.22. The number of nitrogens with two attached hydrogens (primary N) is 1. The Labute approximate surface area is 90.3 Å². The second-order valence-corrected chi connectivity index (χ2v) is 4.46. The van der Waals surface area contributed by atoms with Gasteiger partial charge in [0.25, 0.3) is 0 Å². The average Bonchev–Trinajstić information content (AvgIpc) is 2.94. The van der Waals surface area contributed by atoms with Crippen LogP contribution in [0.25, 0.3) is 0 Å². The number of anilines is 2. The van der Waals surface area contributed by atoms with Gasteiger partial charge in [-0.3, -0.25) is 0 Å². The molecule has 4 heteroatoms. The first-order valence-corrected chi connectivity index (χ1v) is 5.49. The molecule has 0 radical (unpaired) electrons. The monoisotopic (exact) mass is 206 g/mol. The summed E-state index contributed by atoms with van der Waals surface area (Å²) in [5.41, 5.74) is 7.01. The minimum atomic E-state index is 0.346. The molecular formula is C11H18N4. The summed E-state index contributed by atoms with van der Waals surface area (Å²) >= 11 is 0. The van der Waals surface area contributed by atoms with Crippen LogP contribution in [0.5, 0.6) is 0 Å². The number of nitrogens with zero attached hydrogens (tertiary/aromatic N) is 2. The van der Waals surface area contributed by atoms with E-state index in [1.54, 1.807) is 0 Å². The van der Waals surface area contributed by atoms with Crippen LogP contribution >= 0.6 is 0 Å². The van der Waals surface area contributed by atoms with Gasteiger partial charge in [-0.25, -0.2) is 4.98 Å². The summed E-state index contributed by atoms with van der Waals surface area (Å²) in [6.45, 7) is 5.17. The first kappa shape index (κ1) is 10.2. The van der Waals surface area contributed by atoms with E-state index in [4.69, 9.17) is 5.73 Å². The van der Waals surface area contributed by atoms with Crippen LogP contribution in [-0.4, -0.2) is 16.5 Å². The van der Waals surface area contributed by atoms with Crippen LogP contribution in [0.1, 0.15) is 31.9 Å². The zero-order valence-electron chi connectivity index (χ0n) is 9.38. The van der Waals surface area contributed by atoms with Crippen LogP contribution in [0.15, 0.2) is 6.07 Å². The van der Waals surface area contributed by atoms with Gasteiger partial charge in [0.05, 0.1) is 0 Å². The number of nitrogens with one attached hydrogen (secondary N) is 1. The van der Waals surface area contributed by atoms with Crippen molar-refractivity contribution in [3.8, 4) is 0 Å². The van der Waals surface area contributed by atoms with Gasteiger partial charge in [-0.2, -0.15) is 4.98 Å². The summed E-state index contributed by atoms with van der Waals surface area (Å²) in [6.07, 6.45) is 3.89. The molecule has 4 nitrogen and oxygen atoms in total. The molecule has 2 rings (SSSR count). The number of aromatic nitrogens is 2. The molecule has 3 N–H and O–H groups in total. The lowest BCUT2D eigenvalue weighted by Crippen LogP contribution is -2.15. The average molecular weight is 206 g/mol. The summed E-state index contributed by atoms with van der Waals surface area (Å²) in [5, 5.41) is 3.35. The second kappa shape index (κ2) is 3.68. The minimum Gasteiger partial charge on any atom is -0.369 e. The molecule has 1 saturated carbocycles. The normalized spacial score (nSPS) is 17.5. The zero-order chi connectivity index (χ0) is 10.9. The lowest BCUT2D eigenvalue weighted by Gasteiger charge is -2.14. The number of rotatable bonds is 4. The van der Waals surface area contributed by atoms with Crippen LogP contribution in [0, 0.1) is 12.3 Å². The molecule has 1 aromatic heterocycles. The molecule has 0 atom stereocenters. The maximum atomic E-state index is 5.58. The van der Waals surface area contributed by atoms with Gasteiger partial charge >= 0.3 is 0 Å². The largest absolute Gasteiger partial charge is 0.369 e. The highest BCUT2D eigenvalue weighted by molar-refractivity contribution is 5.40. The van der Waals surface area contributed by atoms with Gasteiger partial charge in [-0.05, 0) is 31.6 Å². The first-order valence-electron chi connectivity index (χ1n) is 5.49. The molecule has 0 bridgehead atoms. The SMILES string of the molecule is CCC1(CNc2cc(C)nc(N)n2)CC1. The van der Waals surface area contributed by atoms with E-state index in [-0.39, 0.29) is 0 Å². The fourth-order valence-corrected chi connectivity index (χ4v) is 1.79. The molecule has 1 heterocycles. The third-order valence-electron chi connectivity index (χ3n) is 3.22. The van der Waals surface area contributed by atoms with Gasteiger partial charge in [0.15, 0.2) is 0 Å². The Morgan fingerprint density at radius 3 is 2.73 bits per heavy atom. The Balaban J connectivity index is 1.99. The number of aryl methyl sites for hydroxylation is 1. The maximum absolute atomic E-state index is 5.58. The van der Waals surface area contributed by atoms with Crippen LogP contribution in [0.4, 0.5) is 11.8 Å². The van der Waals surface area contributed by atoms with Crippen molar-refractivity contribution < 1.29 is 0 Å². The highest BCUT2D eigenvalue weighted by atomic mass is 15.1. The first-order chi connectivity index (χ1) is 7.13. The summed E-state index contributed by atoms with van der Waals surface area (Å²) in [7, 11) is 0. The fraction of sp³-hybridized carbons (Fsp3) is 0.636.